The van der Waals surface area contributed by atoms with Crippen LogP contribution in [0.4, 0.5) is 0 Å². The van der Waals surface area contributed by atoms with Crippen LogP contribution in [0.3, 0.4) is 0 Å². The van der Waals surface area contributed by atoms with Gasteiger partial charge in [-0.3, -0.25) is 0 Å². The summed E-state index contributed by atoms with van der Waals surface area (Å²) in [5.74, 6) is 0. The molecule has 1 aliphatic carbocycles. The Balaban J connectivity index is 2.36. The van der Waals surface area contributed by atoms with Crippen molar-refractivity contribution < 1.29 is 0 Å². The molecular weight excluding hydrogens is 172 g/mol. The molecule has 0 spiro atoms. The normalized spacial score (nSPS) is 15.9. The van der Waals surface area contributed by atoms with E-state index in [-0.39, 0.29) is 0 Å². The van der Waals surface area contributed by atoms with E-state index in [2.05, 4.69) is 6.92 Å². The molecule has 0 bridgehead atoms. The Hall–Kier alpha value is -1.18. The Morgan fingerprint density at radius 3 is 2.57 bits per heavy atom. The third-order valence-corrected chi connectivity index (χ3v) is 2.40. The van der Waals surface area contributed by atoms with Gasteiger partial charge in [-0.25, -0.2) is 0 Å². The maximum Gasteiger partial charge on any atom is 0.0573 e. The molecule has 14 heavy (non-hydrogen) atoms. The molecule has 0 amide bonds. The van der Waals surface area contributed by atoms with E-state index in [9.17, 15) is 0 Å². The highest BCUT2D eigenvalue weighted by Gasteiger charge is 2.07. The molecular formula is C12H18N2. The molecule has 0 atom stereocenters. The van der Waals surface area contributed by atoms with Crippen LogP contribution in [-0.2, 0) is 0 Å². The molecule has 0 heterocycles. The third-order valence-electron chi connectivity index (χ3n) is 2.40. The van der Waals surface area contributed by atoms with Crippen molar-refractivity contribution in [1.82, 2.24) is 0 Å². The van der Waals surface area contributed by atoms with E-state index < -0.39 is 0 Å². The van der Waals surface area contributed by atoms with Gasteiger partial charge < -0.3 is 10.8 Å². The lowest BCUT2D eigenvalue weighted by atomic mass is 9.97. The van der Waals surface area contributed by atoms with Gasteiger partial charge in [0.05, 0.1) is 11.4 Å². The number of hydrogen-bond donors (Lipinski definition) is 2. The lowest BCUT2D eigenvalue weighted by Crippen LogP contribution is -2.06. The lowest BCUT2D eigenvalue weighted by Gasteiger charge is -2.09. The minimum Gasteiger partial charge on any atom is -0.301 e. The summed E-state index contributed by atoms with van der Waals surface area (Å²) < 4.78 is 0. The second-order valence-electron chi connectivity index (χ2n) is 3.68. The van der Waals surface area contributed by atoms with Gasteiger partial charge in [-0.05, 0) is 36.6 Å². The van der Waals surface area contributed by atoms with Crippen LogP contribution in [0.25, 0.3) is 0 Å². The molecule has 2 nitrogen and oxygen atoms in total. The number of rotatable bonds is 5. The van der Waals surface area contributed by atoms with E-state index in [4.69, 9.17) is 10.8 Å². The molecule has 0 aromatic heterocycles. The van der Waals surface area contributed by atoms with E-state index in [1.165, 1.54) is 19.3 Å². The van der Waals surface area contributed by atoms with E-state index >= 15 is 0 Å². The van der Waals surface area contributed by atoms with Crippen molar-refractivity contribution in [1.29, 1.82) is 10.8 Å². The highest BCUT2D eigenvalue weighted by molar-refractivity contribution is 6.19. The molecule has 1 aliphatic rings. The largest absolute Gasteiger partial charge is 0.301 e. The van der Waals surface area contributed by atoms with E-state index in [0.717, 1.165) is 18.4 Å². The number of nitrogens with one attached hydrogen (secondary N) is 2. The fourth-order valence-corrected chi connectivity index (χ4v) is 1.54. The zero-order valence-electron chi connectivity index (χ0n) is 8.77. The molecule has 0 saturated heterocycles. The molecule has 2 N–H and O–H groups in total. The molecule has 0 radical (unpaired) electrons. The Morgan fingerprint density at radius 2 is 1.86 bits per heavy atom. The molecule has 76 valence electrons. The van der Waals surface area contributed by atoms with Crippen molar-refractivity contribution >= 4 is 11.4 Å². The molecule has 0 fully saturated rings. The molecule has 0 aromatic rings. The topological polar surface area (TPSA) is 47.7 Å². The quantitative estimate of drug-likeness (QED) is 0.492. The average Bonchev–Trinajstić information content (AvgIpc) is 2.18. The van der Waals surface area contributed by atoms with Crippen LogP contribution in [0.5, 0.6) is 0 Å². The molecule has 2 heteroatoms. The summed E-state index contributed by atoms with van der Waals surface area (Å²) in [6, 6.07) is 0. The second-order valence-corrected chi connectivity index (χ2v) is 3.68. The van der Waals surface area contributed by atoms with Crippen LogP contribution >= 0.6 is 0 Å². The van der Waals surface area contributed by atoms with Crippen molar-refractivity contribution in [3.8, 4) is 0 Å². The van der Waals surface area contributed by atoms with Crippen molar-refractivity contribution in [3.63, 3.8) is 0 Å². The minimum absolute atomic E-state index is 0.520. The Morgan fingerprint density at radius 1 is 1.07 bits per heavy atom. The fraction of sp³-hybridized carbons (Fsp3) is 0.500. The Kier molecular flexibility index (Phi) is 4.30. The first kappa shape index (κ1) is 10.9. The van der Waals surface area contributed by atoms with Crippen LogP contribution < -0.4 is 0 Å². The summed E-state index contributed by atoms with van der Waals surface area (Å²) in [5.41, 5.74) is 2.12. The summed E-state index contributed by atoms with van der Waals surface area (Å²) in [5, 5.41) is 15.1. The summed E-state index contributed by atoms with van der Waals surface area (Å²) in [6.45, 7) is 2.19. The average molecular weight is 190 g/mol. The molecule has 0 aliphatic heterocycles. The number of hydrogen-bond acceptors (Lipinski definition) is 2. The van der Waals surface area contributed by atoms with Gasteiger partial charge in [-0.2, -0.15) is 0 Å². The van der Waals surface area contributed by atoms with Gasteiger partial charge in [0, 0.05) is 0 Å². The first-order valence-electron chi connectivity index (χ1n) is 5.30. The van der Waals surface area contributed by atoms with Gasteiger partial charge in [0.1, 0.15) is 0 Å². The summed E-state index contributed by atoms with van der Waals surface area (Å²) >= 11 is 0. The van der Waals surface area contributed by atoms with Gasteiger partial charge in [0.2, 0.25) is 0 Å². The highest BCUT2D eigenvalue weighted by Crippen LogP contribution is 2.14. The van der Waals surface area contributed by atoms with Gasteiger partial charge >= 0.3 is 0 Å². The maximum absolute atomic E-state index is 7.66. The lowest BCUT2D eigenvalue weighted by molar-refractivity contribution is 0.670. The molecule has 0 saturated carbocycles. The zero-order valence-corrected chi connectivity index (χ0v) is 8.77. The van der Waals surface area contributed by atoms with Gasteiger partial charge in [0.15, 0.2) is 0 Å². The number of unbranched alkanes of at least 4 members (excludes halogenated alkanes) is 3. The number of allylic oxidation sites excluding steroid dienone is 4. The standard InChI is InChI=1S/C12H18N2/c1-2-3-4-5-6-10-9-11(13)7-8-12(10)14/h7-9,13-14H,2-6H2,1H3. The maximum atomic E-state index is 7.66. The van der Waals surface area contributed by atoms with Crippen molar-refractivity contribution in [3.05, 3.63) is 23.8 Å². The summed E-state index contributed by atoms with van der Waals surface area (Å²) in [7, 11) is 0. The Labute approximate surface area is 85.7 Å². The molecule has 0 aromatic carbocycles. The molecule has 1 rings (SSSR count). The smallest absolute Gasteiger partial charge is 0.0573 e. The zero-order chi connectivity index (χ0) is 10.4. The van der Waals surface area contributed by atoms with E-state index in [1.807, 2.05) is 6.08 Å². The van der Waals surface area contributed by atoms with Crippen LogP contribution in [0.2, 0.25) is 0 Å². The third kappa shape index (κ3) is 3.29. The monoisotopic (exact) mass is 190 g/mol. The van der Waals surface area contributed by atoms with Crippen LogP contribution in [0.1, 0.15) is 39.0 Å². The van der Waals surface area contributed by atoms with E-state index in [1.54, 1.807) is 12.2 Å². The van der Waals surface area contributed by atoms with Crippen LogP contribution in [-0.4, -0.2) is 11.4 Å². The SMILES string of the molecule is CCCCCCC1=CC(=N)C=CC1=N. The predicted octanol–water partition coefficient (Wildman–Crippen LogP) is 3.49. The van der Waals surface area contributed by atoms with Crippen LogP contribution in [0.15, 0.2) is 23.8 Å². The van der Waals surface area contributed by atoms with Crippen molar-refractivity contribution in [2.45, 2.75) is 39.0 Å². The van der Waals surface area contributed by atoms with Gasteiger partial charge in [0.25, 0.3) is 0 Å². The fourth-order valence-electron chi connectivity index (χ4n) is 1.54. The first-order valence-corrected chi connectivity index (χ1v) is 5.30. The second kappa shape index (κ2) is 5.53. The first-order chi connectivity index (χ1) is 6.74. The Bertz CT molecular complexity index is 285. The van der Waals surface area contributed by atoms with E-state index in [0.29, 0.717) is 11.4 Å². The van der Waals surface area contributed by atoms with Crippen LogP contribution in [0, 0.1) is 10.8 Å². The van der Waals surface area contributed by atoms with Gasteiger partial charge in [-0.1, -0.05) is 26.2 Å². The highest BCUT2D eigenvalue weighted by atomic mass is 14.4. The summed E-state index contributed by atoms with van der Waals surface area (Å²) in [6.07, 6.45) is 11.1. The van der Waals surface area contributed by atoms with Gasteiger partial charge in [-0.15, -0.1) is 0 Å². The predicted molar refractivity (Wildman–Crippen MR) is 61.4 cm³/mol. The van der Waals surface area contributed by atoms with Crippen molar-refractivity contribution in [2.75, 3.05) is 0 Å². The van der Waals surface area contributed by atoms with Crippen molar-refractivity contribution in [2.24, 2.45) is 0 Å². The minimum atomic E-state index is 0.520. The summed E-state index contributed by atoms with van der Waals surface area (Å²) in [4.78, 5) is 0. The molecule has 0 unspecified atom stereocenters.